The molecule has 148 valence electrons. The van der Waals surface area contributed by atoms with E-state index in [0.717, 1.165) is 28.4 Å². The Bertz CT molecular complexity index is 1080. The lowest BCUT2D eigenvalue weighted by molar-refractivity contribution is 0.411. The van der Waals surface area contributed by atoms with Crippen molar-refractivity contribution < 1.29 is 4.74 Å². The highest BCUT2D eigenvalue weighted by atomic mass is 16.5. The van der Waals surface area contributed by atoms with Crippen molar-refractivity contribution in [1.82, 2.24) is 24.9 Å². The first-order chi connectivity index (χ1) is 14.2. The Morgan fingerprint density at radius 1 is 1.00 bits per heavy atom. The lowest BCUT2D eigenvalue weighted by atomic mass is 10.1. The van der Waals surface area contributed by atoms with Gasteiger partial charge in [-0.1, -0.05) is 30.3 Å². The van der Waals surface area contributed by atoms with E-state index >= 15 is 0 Å². The molecule has 2 aromatic heterocycles. The van der Waals surface area contributed by atoms with Gasteiger partial charge in [-0.3, -0.25) is 0 Å². The Balaban J connectivity index is 1.45. The van der Waals surface area contributed by atoms with Gasteiger partial charge in [0, 0.05) is 35.6 Å². The summed E-state index contributed by atoms with van der Waals surface area (Å²) in [5.41, 5.74) is 5.43. The number of hydrogen-bond donors (Lipinski definition) is 1. The second kappa shape index (κ2) is 8.32. The third kappa shape index (κ3) is 3.93. The molecule has 6 nitrogen and oxygen atoms in total. The van der Waals surface area contributed by atoms with Crippen molar-refractivity contribution in [3.8, 4) is 17.1 Å². The second-order valence-electron chi connectivity index (χ2n) is 7.00. The van der Waals surface area contributed by atoms with Gasteiger partial charge in [0.1, 0.15) is 11.4 Å². The number of ether oxygens (including phenoxy) is 1. The highest BCUT2D eigenvalue weighted by Crippen LogP contribution is 2.23. The van der Waals surface area contributed by atoms with Crippen LogP contribution in [-0.4, -0.2) is 26.7 Å². The molecule has 0 spiro atoms. The van der Waals surface area contributed by atoms with Gasteiger partial charge in [0.05, 0.1) is 25.2 Å². The third-order valence-electron chi connectivity index (χ3n) is 5.10. The molecule has 0 fully saturated rings. The van der Waals surface area contributed by atoms with Gasteiger partial charge in [-0.15, -0.1) is 0 Å². The predicted molar refractivity (Wildman–Crippen MR) is 114 cm³/mol. The van der Waals surface area contributed by atoms with E-state index in [0.29, 0.717) is 6.54 Å². The van der Waals surface area contributed by atoms with E-state index in [1.807, 2.05) is 70.4 Å². The summed E-state index contributed by atoms with van der Waals surface area (Å²) in [4.78, 5) is 0. The smallest absolute Gasteiger partial charge is 0.144 e. The molecule has 0 amide bonds. The highest BCUT2D eigenvalue weighted by molar-refractivity contribution is 5.46. The van der Waals surface area contributed by atoms with E-state index in [-0.39, 0.29) is 6.04 Å². The summed E-state index contributed by atoms with van der Waals surface area (Å²) < 4.78 is 9.26. The Labute approximate surface area is 170 Å². The summed E-state index contributed by atoms with van der Waals surface area (Å²) in [7, 11) is 1.67. The Hall–Kier alpha value is -3.38. The van der Waals surface area contributed by atoms with Crippen molar-refractivity contribution in [2.24, 2.45) is 0 Å². The summed E-state index contributed by atoms with van der Waals surface area (Å²) in [6.07, 6.45) is 5.85. The molecule has 0 saturated carbocycles. The summed E-state index contributed by atoms with van der Waals surface area (Å²) in [5, 5.41) is 12.6. The summed E-state index contributed by atoms with van der Waals surface area (Å²) in [6.45, 7) is 4.98. The van der Waals surface area contributed by atoms with E-state index < -0.39 is 0 Å². The lowest BCUT2D eigenvalue weighted by Gasteiger charge is -2.13. The molecule has 2 aromatic carbocycles. The van der Waals surface area contributed by atoms with Gasteiger partial charge >= 0.3 is 0 Å². The Morgan fingerprint density at radius 2 is 1.76 bits per heavy atom. The molecule has 0 aliphatic rings. The summed E-state index contributed by atoms with van der Waals surface area (Å²) >= 11 is 0. The molecule has 4 rings (SSSR count). The summed E-state index contributed by atoms with van der Waals surface area (Å²) in [6, 6.07) is 18.2. The van der Waals surface area contributed by atoms with Crippen LogP contribution in [0.15, 0.2) is 73.2 Å². The quantitative estimate of drug-likeness (QED) is 0.516. The molecule has 0 bridgehead atoms. The third-order valence-corrected chi connectivity index (χ3v) is 5.10. The number of aromatic nitrogens is 4. The zero-order chi connectivity index (χ0) is 20.2. The minimum Gasteiger partial charge on any atom is -0.494 e. The van der Waals surface area contributed by atoms with Crippen molar-refractivity contribution in [3.63, 3.8) is 0 Å². The molecule has 0 aliphatic carbocycles. The van der Waals surface area contributed by atoms with E-state index in [9.17, 15) is 0 Å². The van der Waals surface area contributed by atoms with Gasteiger partial charge in [-0.25, -0.2) is 9.36 Å². The fraction of sp³-hybridized carbons (Fsp3) is 0.217. The maximum atomic E-state index is 5.43. The zero-order valence-corrected chi connectivity index (χ0v) is 16.9. The molecule has 0 saturated heterocycles. The first kappa shape index (κ1) is 19.0. The van der Waals surface area contributed by atoms with Crippen molar-refractivity contribution in [2.75, 3.05) is 7.11 Å². The van der Waals surface area contributed by atoms with Gasteiger partial charge in [0.15, 0.2) is 0 Å². The molecular formula is C23H25N5O. The maximum absolute atomic E-state index is 5.43. The number of methoxy groups -OCH3 is 1. The second-order valence-corrected chi connectivity index (χ2v) is 7.00. The number of hydrogen-bond acceptors (Lipinski definition) is 4. The lowest BCUT2D eigenvalue weighted by Crippen LogP contribution is -2.18. The van der Waals surface area contributed by atoms with Crippen LogP contribution in [0.2, 0.25) is 0 Å². The van der Waals surface area contributed by atoms with Gasteiger partial charge in [0.25, 0.3) is 0 Å². The molecule has 2 heterocycles. The summed E-state index contributed by atoms with van der Waals surface area (Å²) in [5.74, 6) is 0.799. The van der Waals surface area contributed by atoms with Gasteiger partial charge < -0.3 is 10.1 Å². The first-order valence-electron chi connectivity index (χ1n) is 9.67. The number of para-hydroxylation sites is 3. The van der Waals surface area contributed by atoms with Crippen LogP contribution in [0.4, 0.5) is 0 Å². The number of nitrogens with one attached hydrogen (secondary N) is 1. The molecule has 6 heteroatoms. The minimum atomic E-state index is 0.169. The van der Waals surface area contributed by atoms with Crippen LogP contribution < -0.4 is 10.1 Å². The number of benzene rings is 2. The Kier molecular flexibility index (Phi) is 5.44. The standard InChI is InChI=1S/C23H25N5O/c1-17(21-15-26-28(18(21)2)20-9-5-4-6-10-20)24-13-19-14-25-27(16-19)22-11-7-8-12-23(22)29-3/h4-12,14-17,24H,13H2,1-3H3/t17-/m0/s1. The van der Waals surface area contributed by atoms with Crippen LogP contribution in [0.3, 0.4) is 0 Å². The van der Waals surface area contributed by atoms with Crippen LogP contribution in [0, 0.1) is 6.92 Å². The molecule has 1 atom stereocenters. The number of nitrogens with zero attached hydrogens (tertiary/aromatic N) is 4. The van der Waals surface area contributed by atoms with Crippen LogP contribution in [0.5, 0.6) is 5.75 Å². The van der Waals surface area contributed by atoms with Crippen LogP contribution in [0.1, 0.15) is 29.8 Å². The molecule has 0 unspecified atom stereocenters. The SMILES string of the molecule is COc1ccccc1-n1cc(CN[C@@H](C)c2cnn(-c3ccccc3)c2C)cn1. The topological polar surface area (TPSA) is 56.9 Å². The molecule has 1 N–H and O–H groups in total. The zero-order valence-electron chi connectivity index (χ0n) is 16.9. The van der Waals surface area contributed by atoms with Gasteiger partial charge in [-0.2, -0.15) is 10.2 Å². The molecule has 0 radical (unpaired) electrons. The average molecular weight is 387 g/mol. The maximum Gasteiger partial charge on any atom is 0.144 e. The average Bonchev–Trinajstić information content (AvgIpc) is 3.39. The van der Waals surface area contributed by atoms with Gasteiger partial charge in [-0.05, 0) is 38.1 Å². The normalized spacial score (nSPS) is 12.1. The van der Waals surface area contributed by atoms with Crippen molar-refractivity contribution in [3.05, 3.63) is 90.0 Å². The number of rotatable bonds is 7. The van der Waals surface area contributed by atoms with E-state index in [4.69, 9.17) is 4.74 Å². The van der Waals surface area contributed by atoms with Crippen molar-refractivity contribution in [1.29, 1.82) is 0 Å². The Morgan fingerprint density at radius 3 is 2.55 bits per heavy atom. The van der Waals surface area contributed by atoms with Crippen LogP contribution in [-0.2, 0) is 6.54 Å². The molecule has 29 heavy (non-hydrogen) atoms. The minimum absolute atomic E-state index is 0.169. The monoisotopic (exact) mass is 387 g/mol. The predicted octanol–water partition coefficient (Wildman–Crippen LogP) is 4.23. The van der Waals surface area contributed by atoms with E-state index in [1.165, 1.54) is 5.56 Å². The van der Waals surface area contributed by atoms with Crippen LogP contribution >= 0.6 is 0 Å². The molecule has 0 aliphatic heterocycles. The fourth-order valence-electron chi connectivity index (χ4n) is 3.46. The van der Waals surface area contributed by atoms with Gasteiger partial charge in [0.2, 0.25) is 0 Å². The van der Waals surface area contributed by atoms with Crippen molar-refractivity contribution >= 4 is 0 Å². The van der Waals surface area contributed by atoms with Crippen molar-refractivity contribution in [2.45, 2.75) is 26.4 Å². The largest absolute Gasteiger partial charge is 0.494 e. The fourth-order valence-corrected chi connectivity index (χ4v) is 3.46. The van der Waals surface area contributed by atoms with E-state index in [1.54, 1.807) is 7.11 Å². The highest BCUT2D eigenvalue weighted by Gasteiger charge is 2.14. The molecule has 4 aromatic rings. The molecular weight excluding hydrogens is 362 g/mol. The van der Waals surface area contributed by atoms with Crippen LogP contribution in [0.25, 0.3) is 11.4 Å². The van der Waals surface area contributed by atoms with E-state index in [2.05, 4.69) is 41.5 Å². The first-order valence-corrected chi connectivity index (χ1v) is 9.67.